The third-order valence-corrected chi connectivity index (χ3v) is 9.43. The van der Waals surface area contributed by atoms with Gasteiger partial charge in [-0.2, -0.15) is 0 Å². The summed E-state index contributed by atoms with van der Waals surface area (Å²) in [7, 11) is 1.22. The number of aliphatic hydroxyl groups is 1. The van der Waals surface area contributed by atoms with Gasteiger partial charge in [0, 0.05) is 6.42 Å². The van der Waals surface area contributed by atoms with E-state index in [2.05, 4.69) is 67.8 Å². The Morgan fingerprint density at radius 1 is 0.706 bits per heavy atom. The number of phosphoric acid groups is 1. The van der Waals surface area contributed by atoms with E-state index in [-0.39, 0.29) is 12.5 Å². The molecule has 51 heavy (non-hydrogen) atoms. The largest absolute Gasteiger partial charge is 0.756 e. The van der Waals surface area contributed by atoms with E-state index in [1.165, 1.54) is 51.4 Å². The summed E-state index contributed by atoms with van der Waals surface area (Å²) in [4.78, 5) is 25.2. The average molecular weight is 737 g/mol. The molecule has 0 heterocycles. The monoisotopic (exact) mass is 737 g/mol. The molecule has 1 amide bonds. The van der Waals surface area contributed by atoms with Gasteiger partial charge in [-0.25, -0.2) is 0 Å². The highest BCUT2D eigenvalue weighted by Crippen LogP contribution is 2.38. The summed E-state index contributed by atoms with van der Waals surface area (Å²) in [6.07, 6.45) is 42.6. The standard InChI is InChI=1S/C42H77N2O6P/c1-6-8-10-12-14-16-18-20-22-24-26-28-30-32-34-36-42(46)43-40(39-50-51(47,48)49-38-37-44(3,4)5)41(45)35-33-31-29-27-25-23-21-19-17-15-13-11-9-7-2/h8,10,14,16,20,22,25,27,33,35,40-41,45H,6-7,9,11-13,15,17-19,21,23-24,26,28-32,34,36-39H2,1-5H3,(H-,43,46,47,48)/b10-8-,16-14-,22-20-,27-25+,35-33+. The highest BCUT2D eigenvalue weighted by molar-refractivity contribution is 7.45. The molecule has 0 bridgehead atoms. The van der Waals surface area contributed by atoms with Crippen molar-refractivity contribution in [3.63, 3.8) is 0 Å². The number of phosphoric ester groups is 1. The van der Waals surface area contributed by atoms with Crippen LogP contribution in [0.25, 0.3) is 0 Å². The van der Waals surface area contributed by atoms with Crippen molar-refractivity contribution in [2.75, 3.05) is 40.9 Å². The Bertz CT molecular complexity index is 1020. The predicted octanol–water partition coefficient (Wildman–Crippen LogP) is 10.1. The summed E-state index contributed by atoms with van der Waals surface area (Å²) in [6, 6.07) is -0.912. The molecule has 0 spiro atoms. The Morgan fingerprint density at radius 2 is 1.22 bits per heavy atom. The second-order valence-corrected chi connectivity index (χ2v) is 16.0. The number of allylic oxidation sites excluding steroid dienone is 9. The lowest BCUT2D eigenvalue weighted by atomic mass is 10.1. The quantitative estimate of drug-likeness (QED) is 0.0290. The molecule has 0 fully saturated rings. The summed E-state index contributed by atoms with van der Waals surface area (Å²) >= 11 is 0. The number of nitrogens with one attached hydrogen (secondary N) is 1. The molecular formula is C42H77N2O6P. The fraction of sp³-hybridized carbons (Fsp3) is 0.738. The minimum Gasteiger partial charge on any atom is -0.756 e. The molecule has 8 nitrogen and oxygen atoms in total. The highest BCUT2D eigenvalue weighted by atomic mass is 31.2. The van der Waals surface area contributed by atoms with Crippen LogP contribution < -0.4 is 10.2 Å². The van der Waals surface area contributed by atoms with Gasteiger partial charge in [0.15, 0.2) is 0 Å². The minimum absolute atomic E-state index is 0.0127. The van der Waals surface area contributed by atoms with Gasteiger partial charge < -0.3 is 28.8 Å². The van der Waals surface area contributed by atoms with Crippen LogP contribution >= 0.6 is 7.82 Å². The number of nitrogens with zero attached hydrogens (tertiary/aromatic N) is 1. The molecular weight excluding hydrogens is 659 g/mol. The lowest BCUT2D eigenvalue weighted by molar-refractivity contribution is -0.870. The fourth-order valence-electron chi connectivity index (χ4n) is 5.24. The topological polar surface area (TPSA) is 108 Å². The van der Waals surface area contributed by atoms with Gasteiger partial charge in [0.25, 0.3) is 7.82 Å². The first-order valence-corrected chi connectivity index (χ1v) is 21.6. The Labute approximate surface area is 313 Å². The first kappa shape index (κ1) is 49.2. The predicted molar refractivity (Wildman–Crippen MR) is 214 cm³/mol. The number of hydrogen-bond donors (Lipinski definition) is 2. The molecule has 9 heteroatoms. The van der Waals surface area contributed by atoms with Crippen LogP contribution in [0.4, 0.5) is 0 Å². The van der Waals surface area contributed by atoms with E-state index in [0.29, 0.717) is 17.4 Å². The zero-order chi connectivity index (χ0) is 37.9. The van der Waals surface area contributed by atoms with Crippen molar-refractivity contribution >= 4 is 13.7 Å². The molecule has 0 aliphatic rings. The van der Waals surface area contributed by atoms with Crippen molar-refractivity contribution in [3.8, 4) is 0 Å². The summed E-state index contributed by atoms with van der Waals surface area (Å²) in [5.41, 5.74) is 0. The molecule has 0 saturated carbocycles. The van der Waals surface area contributed by atoms with E-state index in [0.717, 1.165) is 77.0 Å². The van der Waals surface area contributed by atoms with Gasteiger partial charge in [-0.1, -0.05) is 139 Å². The normalized spacial score (nSPS) is 15.2. The number of hydrogen-bond acceptors (Lipinski definition) is 6. The fourth-order valence-corrected chi connectivity index (χ4v) is 5.96. The third kappa shape index (κ3) is 36.4. The van der Waals surface area contributed by atoms with E-state index in [9.17, 15) is 19.4 Å². The maximum Gasteiger partial charge on any atom is 0.268 e. The molecule has 0 saturated heterocycles. The first-order valence-electron chi connectivity index (χ1n) is 20.2. The third-order valence-electron chi connectivity index (χ3n) is 8.46. The van der Waals surface area contributed by atoms with E-state index >= 15 is 0 Å². The van der Waals surface area contributed by atoms with Gasteiger partial charge in [-0.15, -0.1) is 0 Å². The maximum absolute atomic E-state index is 12.8. The van der Waals surface area contributed by atoms with Gasteiger partial charge >= 0.3 is 0 Å². The lowest BCUT2D eigenvalue weighted by Crippen LogP contribution is -2.45. The molecule has 0 aromatic heterocycles. The molecule has 0 aliphatic heterocycles. The van der Waals surface area contributed by atoms with Crippen molar-refractivity contribution in [1.82, 2.24) is 5.32 Å². The maximum atomic E-state index is 12.8. The van der Waals surface area contributed by atoms with E-state index < -0.39 is 26.6 Å². The van der Waals surface area contributed by atoms with Gasteiger partial charge in [0.1, 0.15) is 13.2 Å². The minimum atomic E-state index is -4.60. The lowest BCUT2D eigenvalue weighted by Gasteiger charge is -2.29. The summed E-state index contributed by atoms with van der Waals surface area (Å²) in [5, 5.41) is 13.7. The van der Waals surface area contributed by atoms with Crippen molar-refractivity contribution in [2.24, 2.45) is 0 Å². The number of unbranched alkanes of at least 4 members (excludes halogenated alkanes) is 14. The van der Waals surface area contributed by atoms with Gasteiger partial charge in [-0.05, 0) is 64.2 Å². The van der Waals surface area contributed by atoms with Crippen molar-refractivity contribution in [2.45, 2.75) is 161 Å². The molecule has 3 atom stereocenters. The first-order chi connectivity index (χ1) is 24.5. The van der Waals surface area contributed by atoms with Crippen LogP contribution in [0.15, 0.2) is 60.8 Å². The van der Waals surface area contributed by atoms with E-state index in [1.54, 1.807) is 6.08 Å². The van der Waals surface area contributed by atoms with E-state index in [4.69, 9.17) is 9.05 Å². The number of aliphatic hydroxyl groups excluding tert-OH is 1. The Balaban J connectivity index is 4.60. The molecule has 3 unspecified atom stereocenters. The number of quaternary nitrogens is 1. The average Bonchev–Trinajstić information content (AvgIpc) is 3.07. The van der Waals surface area contributed by atoms with Crippen molar-refractivity contribution < 1.29 is 32.9 Å². The van der Waals surface area contributed by atoms with Gasteiger partial charge in [0.05, 0.1) is 39.9 Å². The van der Waals surface area contributed by atoms with Gasteiger partial charge in [-0.3, -0.25) is 9.36 Å². The van der Waals surface area contributed by atoms with Crippen LogP contribution in [0, 0.1) is 0 Å². The van der Waals surface area contributed by atoms with Crippen molar-refractivity contribution in [3.05, 3.63) is 60.8 Å². The number of carbonyl (C=O) groups excluding carboxylic acids is 1. The Hall–Kier alpha value is -1.80. The van der Waals surface area contributed by atoms with Crippen molar-refractivity contribution in [1.29, 1.82) is 0 Å². The van der Waals surface area contributed by atoms with Crippen LogP contribution in [-0.4, -0.2) is 68.5 Å². The summed E-state index contributed by atoms with van der Waals surface area (Å²) < 4.78 is 23.1. The Kier molecular flexibility index (Phi) is 32.8. The molecule has 2 N–H and O–H groups in total. The smallest absolute Gasteiger partial charge is 0.268 e. The summed E-state index contributed by atoms with van der Waals surface area (Å²) in [5.74, 6) is -0.229. The van der Waals surface area contributed by atoms with Crippen LogP contribution in [0.3, 0.4) is 0 Å². The zero-order valence-corrected chi connectivity index (χ0v) is 34.2. The Morgan fingerprint density at radius 3 is 1.82 bits per heavy atom. The number of rotatable bonds is 35. The second-order valence-electron chi connectivity index (χ2n) is 14.6. The zero-order valence-electron chi connectivity index (χ0n) is 33.3. The molecule has 0 aliphatic carbocycles. The SMILES string of the molecule is CC/C=C\C/C=C\C/C=C\CCCCCCCC(=O)NC(COP(=O)([O-])OCC[N+](C)(C)C)C(O)/C=C/CC/C=C/CCCCCCCCCC. The van der Waals surface area contributed by atoms with Crippen LogP contribution in [0.5, 0.6) is 0 Å². The number of likely N-dealkylation sites (N-methyl/N-ethyl adjacent to an activating group) is 1. The molecule has 0 rings (SSSR count). The van der Waals surface area contributed by atoms with E-state index in [1.807, 2.05) is 27.2 Å². The number of amides is 1. The van der Waals surface area contributed by atoms with Crippen LogP contribution in [-0.2, 0) is 18.4 Å². The van der Waals surface area contributed by atoms with Crippen LogP contribution in [0.1, 0.15) is 149 Å². The summed E-state index contributed by atoms with van der Waals surface area (Å²) in [6.45, 7) is 4.46. The number of carbonyl (C=O) groups is 1. The van der Waals surface area contributed by atoms with Gasteiger partial charge in [0.2, 0.25) is 5.91 Å². The molecule has 296 valence electrons. The molecule has 0 aromatic carbocycles. The van der Waals surface area contributed by atoms with Crippen LogP contribution in [0.2, 0.25) is 0 Å². The highest BCUT2D eigenvalue weighted by Gasteiger charge is 2.23. The molecule has 0 aromatic rings. The second kappa shape index (κ2) is 34.0. The molecule has 0 radical (unpaired) electrons.